The number of rotatable bonds is 5. The SMILES string of the molecule is CCn1nc(Cc2ccc(OC)c(F)c2)cc1C1CCNCC1. The fourth-order valence-corrected chi connectivity index (χ4v) is 3.30. The van der Waals surface area contributed by atoms with E-state index in [-0.39, 0.29) is 11.6 Å². The number of halogens is 1. The number of nitrogens with one attached hydrogen (secondary N) is 1. The summed E-state index contributed by atoms with van der Waals surface area (Å²) in [4.78, 5) is 0. The van der Waals surface area contributed by atoms with Crippen molar-refractivity contribution in [2.24, 2.45) is 0 Å². The molecule has 1 N–H and O–H groups in total. The van der Waals surface area contributed by atoms with Gasteiger partial charge in [0.25, 0.3) is 0 Å². The average molecular weight is 317 g/mol. The number of piperidine rings is 1. The van der Waals surface area contributed by atoms with Crippen LogP contribution in [0, 0.1) is 5.82 Å². The second kappa shape index (κ2) is 7.13. The third-order valence-corrected chi connectivity index (χ3v) is 4.52. The third kappa shape index (κ3) is 3.55. The quantitative estimate of drug-likeness (QED) is 0.921. The van der Waals surface area contributed by atoms with E-state index in [0.29, 0.717) is 12.3 Å². The van der Waals surface area contributed by atoms with E-state index in [1.54, 1.807) is 6.07 Å². The Morgan fingerprint density at radius 2 is 2.09 bits per heavy atom. The summed E-state index contributed by atoms with van der Waals surface area (Å²) in [6.07, 6.45) is 2.95. The molecule has 124 valence electrons. The summed E-state index contributed by atoms with van der Waals surface area (Å²) < 4.78 is 20.9. The zero-order valence-electron chi connectivity index (χ0n) is 13.8. The molecule has 1 aliphatic rings. The van der Waals surface area contributed by atoms with Crippen molar-refractivity contribution in [2.75, 3.05) is 20.2 Å². The number of benzene rings is 1. The van der Waals surface area contributed by atoms with E-state index < -0.39 is 0 Å². The molecular weight excluding hydrogens is 293 g/mol. The minimum atomic E-state index is -0.321. The lowest BCUT2D eigenvalue weighted by Crippen LogP contribution is -2.27. The Kier molecular flexibility index (Phi) is 4.96. The summed E-state index contributed by atoms with van der Waals surface area (Å²) in [6.45, 7) is 5.13. The van der Waals surface area contributed by atoms with Crippen LogP contribution in [0.25, 0.3) is 0 Å². The van der Waals surface area contributed by atoms with Crippen LogP contribution in [0.15, 0.2) is 24.3 Å². The monoisotopic (exact) mass is 317 g/mol. The zero-order chi connectivity index (χ0) is 16.2. The first kappa shape index (κ1) is 16.0. The van der Waals surface area contributed by atoms with Crippen LogP contribution in [0.4, 0.5) is 4.39 Å². The van der Waals surface area contributed by atoms with Gasteiger partial charge in [-0.15, -0.1) is 0 Å². The molecule has 3 rings (SSSR count). The Morgan fingerprint density at radius 3 is 2.74 bits per heavy atom. The van der Waals surface area contributed by atoms with Gasteiger partial charge in [-0.25, -0.2) is 4.39 Å². The summed E-state index contributed by atoms with van der Waals surface area (Å²) >= 11 is 0. The highest BCUT2D eigenvalue weighted by atomic mass is 19.1. The molecule has 1 saturated heterocycles. The Balaban J connectivity index is 1.80. The minimum absolute atomic E-state index is 0.281. The number of nitrogens with zero attached hydrogens (tertiary/aromatic N) is 2. The molecule has 5 heteroatoms. The van der Waals surface area contributed by atoms with Gasteiger partial charge in [0.1, 0.15) is 0 Å². The van der Waals surface area contributed by atoms with Crippen molar-refractivity contribution < 1.29 is 9.13 Å². The predicted molar refractivity (Wildman–Crippen MR) is 88.5 cm³/mol. The van der Waals surface area contributed by atoms with Gasteiger partial charge in [-0.3, -0.25) is 4.68 Å². The standard InChI is InChI=1S/C18H24FN3O/c1-3-22-17(14-6-8-20-9-7-14)12-15(21-22)10-13-4-5-18(23-2)16(19)11-13/h4-5,11-12,14,20H,3,6-10H2,1-2H3. The average Bonchev–Trinajstić information content (AvgIpc) is 2.99. The molecule has 2 heterocycles. The fraction of sp³-hybridized carbons (Fsp3) is 0.500. The van der Waals surface area contributed by atoms with Gasteiger partial charge in [0.05, 0.1) is 12.8 Å². The molecule has 1 fully saturated rings. The van der Waals surface area contributed by atoms with E-state index >= 15 is 0 Å². The summed E-state index contributed by atoms with van der Waals surface area (Å²) in [5.41, 5.74) is 3.24. The Labute approximate surface area is 136 Å². The van der Waals surface area contributed by atoms with Gasteiger partial charge in [0.15, 0.2) is 11.6 Å². The van der Waals surface area contributed by atoms with E-state index in [1.807, 2.05) is 6.07 Å². The molecule has 1 aromatic carbocycles. The number of ether oxygens (including phenoxy) is 1. The predicted octanol–water partition coefficient (Wildman–Crippen LogP) is 3.11. The fourth-order valence-electron chi connectivity index (χ4n) is 3.30. The molecule has 0 saturated carbocycles. The van der Waals surface area contributed by atoms with Gasteiger partial charge in [-0.1, -0.05) is 6.07 Å². The van der Waals surface area contributed by atoms with E-state index in [2.05, 4.69) is 23.0 Å². The number of methoxy groups -OCH3 is 1. The molecule has 0 spiro atoms. The molecule has 0 unspecified atom stereocenters. The van der Waals surface area contributed by atoms with Gasteiger partial charge >= 0.3 is 0 Å². The zero-order valence-corrected chi connectivity index (χ0v) is 13.8. The van der Waals surface area contributed by atoms with Crippen LogP contribution >= 0.6 is 0 Å². The molecule has 0 aliphatic carbocycles. The number of hydrogen-bond donors (Lipinski definition) is 1. The van der Waals surface area contributed by atoms with Gasteiger partial charge in [-0.2, -0.15) is 5.10 Å². The first-order valence-corrected chi connectivity index (χ1v) is 8.31. The van der Waals surface area contributed by atoms with Gasteiger partial charge < -0.3 is 10.1 Å². The van der Waals surface area contributed by atoms with Crippen LogP contribution in [0.1, 0.15) is 42.6 Å². The molecule has 0 amide bonds. The van der Waals surface area contributed by atoms with E-state index in [4.69, 9.17) is 9.84 Å². The van der Waals surface area contributed by atoms with Crippen molar-refractivity contribution in [3.05, 3.63) is 47.0 Å². The largest absolute Gasteiger partial charge is 0.494 e. The van der Waals surface area contributed by atoms with Crippen LogP contribution in [0.2, 0.25) is 0 Å². The first-order chi connectivity index (χ1) is 11.2. The van der Waals surface area contributed by atoms with Crippen molar-refractivity contribution >= 4 is 0 Å². The van der Waals surface area contributed by atoms with Crippen LogP contribution in [0.3, 0.4) is 0 Å². The van der Waals surface area contributed by atoms with Gasteiger partial charge in [0.2, 0.25) is 0 Å². The lowest BCUT2D eigenvalue weighted by atomic mass is 9.94. The highest BCUT2D eigenvalue weighted by molar-refractivity contribution is 5.32. The smallest absolute Gasteiger partial charge is 0.165 e. The van der Waals surface area contributed by atoms with Crippen LogP contribution < -0.4 is 10.1 Å². The van der Waals surface area contributed by atoms with Gasteiger partial charge in [0, 0.05) is 24.6 Å². The van der Waals surface area contributed by atoms with E-state index in [1.165, 1.54) is 18.9 Å². The summed E-state index contributed by atoms with van der Waals surface area (Å²) in [7, 11) is 1.48. The van der Waals surface area contributed by atoms with Crippen LogP contribution in [0.5, 0.6) is 5.75 Å². The molecule has 4 nitrogen and oxygen atoms in total. The topological polar surface area (TPSA) is 39.1 Å². The number of aromatic nitrogens is 2. The molecular formula is C18H24FN3O. The van der Waals surface area contributed by atoms with Crippen molar-refractivity contribution in [1.82, 2.24) is 15.1 Å². The van der Waals surface area contributed by atoms with E-state index in [9.17, 15) is 4.39 Å². The molecule has 1 aliphatic heterocycles. The molecule has 0 bridgehead atoms. The molecule has 0 radical (unpaired) electrons. The lowest BCUT2D eigenvalue weighted by molar-refractivity contribution is 0.386. The van der Waals surface area contributed by atoms with Crippen LogP contribution in [-0.4, -0.2) is 30.0 Å². The van der Waals surface area contributed by atoms with E-state index in [0.717, 1.165) is 43.7 Å². The second-order valence-electron chi connectivity index (χ2n) is 6.05. The summed E-state index contributed by atoms with van der Waals surface area (Å²) in [5, 5.41) is 8.12. The molecule has 23 heavy (non-hydrogen) atoms. The van der Waals surface area contributed by atoms with Crippen molar-refractivity contribution in [1.29, 1.82) is 0 Å². The van der Waals surface area contributed by atoms with Crippen LogP contribution in [-0.2, 0) is 13.0 Å². The maximum absolute atomic E-state index is 13.8. The Morgan fingerprint density at radius 1 is 1.30 bits per heavy atom. The highest BCUT2D eigenvalue weighted by Crippen LogP contribution is 2.27. The Bertz CT molecular complexity index is 662. The molecule has 2 aromatic rings. The summed E-state index contributed by atoms with van der Waals surface area (Å²) in [5.74, 6) is 0.534. The number of aryl methyl sites for hydroxylation is 1. The van der Waals surface area contributed by atoms with Crippen molar-refractivity contribution in [2.45, 2.75) is 38.6 Å². The minimum Gasteiger partial charge on any atom is -0.494 e. The van der Waals surface area contributed by atoms with Crippen molar-refractivity contribution in [3.63, 3.8) is 0 Å². The lowest BCUT2D eigenvalue weighted by Gasteiger charge is -2.23. The normalized spacial score (nSPS) is 15.8. The van der Waals surface area contributed by atoms with Crippen molar-refractivity contribution in [3.8, 4) is 5.75 Å². The maximum Gasteiger partial charge on any atom is 0.165 e. The Hall–Kier alpha value is -1.88. The molecule has 1 aromatic heterocycles. The number of hydrogen-bond acceptors (Lipinski definition) is 3. The molecule has 0 atom stereocenters. The first-order valence-electron chi connectivity index (χ1n) is 8.31. The second-order valence-corrected chi connectivity index (χ2v) is 6.05. The maximum atomic E-state index is 13.8. The van der Waals surface area contributed by atoms with Gasteiger partial charge in [-0.05, 0) is 56.6 Å². The third-order valence-electron chi connectivity index (χ3n) is 4.52. The summed E-state index contributed by atoms with van der Waals surface area (Å²) in [6, 6.07) is 7.31. The highest BCUT2D eigenvalue weighted by Gasteiger charge is 2.20.